The molecule has 0 saturated heterocycles. The molecule has 0 unspecified atom stereocenters. The lowest BCUT2D eigenvalue weighted by Crippen LogP contribution is -1.94. The van der Waals surface area contributed by atoms with Crippen molar-refractivity contribution in [2.75, 3.05) is 0 Å². The topological polar surface area (TPSA) is 4.93 Å². The maximum absolute atomic E-state index is 2.44. The lowest BCUT2D eigenvalue weighted by atomic mass is 9.94. The van der Waals surface area contributed by atoms with E-state index in [1.807, 2.05) is 0 Å². The fourth-order valence-electron chi connectivity index (χ4n) is 9.67. The second-order valence-corrected chi connectivity index (χ2v) is 16.2. The van der Waals surface area contributed by atoms with Crippen LogP contribution in [0.2, 0.25) is 0 Å². The lowest BCUT2D eigenvalue weighted by molar-refractivity contribution is 1.19. The first-order valence-corrected chi connectivity index (χ1v) is 20.6. The Morgan fingerprint density at radius 2 is 0.695 bits per heavy atom. The zero-order valence-electron chi connectivity index (χ0n) is 33.0. The van der Waals surface area contributed by atoms with Crippen LogP contribution in [0.4, 0.5) is 0 Å². The quantitative estimate of drug-likeness (QED) is 0.158. The van der Waals surface area contributed by atoms with Crippen molar-refractivity contribution in [3.63, 3.8) is 0 Å². The fourth-order valence-corrected chi connectivity index (χ4v) is 9.67. The average Bonchev–Trinajstić information content (AvgIpc) is 3.63. The maximum atomic E-state index is 2.44. The summed E-state index contributed by atoms with van der Waals surface area (Å²) in [5, 5.41) is 15.4. The highest BCUT2D eigenvalue weighted by atomic mass is 15.0. The van der Waals surface area contributed by atoms with E-state index in [1.165, 1.54) is 126 Å². The zero-order chi connectivity index (χ0) is 39.2. The number of para-hydroxylation sites is 1. The second-order valence-electron chi connectivity index (χ2n) is 16.2. The van der Waals surface area contributed by atoms with E-state index in [0.29, 0.717) is 0 Å². The summed E-state index contributed by atoms with van der Waals surface area (Å²) in [6.45, 7) is 4.36. The van der Waals surface area contributed by atoms with Gasteiger partial charge >= 0.3 is 0 Å². The molecule has 12 rings (SSSR count). The molecule has 0 radical (unpaired) electrons. The normalized spacial score (nSPS) is 11.9. The molecule has 0 aliphatic rings. The van der Waals surface area contributed by atoms with Gasteiger partial charge in [0.2, 0.25) is 0 Å². The summed E-state index contributed by atoms with van der Waals surface area (Å²) in [5.41, 5.74) is 13.6. The molecule has 0 atom stereocenters. The molecular weight excluding hydrogens is 711 g/mol. The van der Waals surface area contributed by atoms with E-state index in [0.717, 1.165) is 0 Å². The molecule has 0 bridgehead atoms. The summed E-state index contributed by atoms with van der Waals surface area (Å²) in [6.07, 6.45) is 0. The molecule has 1 aromatic heterocycles. The van der Waals surface area contributed by atoms with E-state index < -0.39 is 0 Å². The van der Waals surface area contributed by atoms with Gasteiger partial charge < -0.3 is 4.57 Å². The van der Waals surface area contributed by atoms with Gasteiger partial charge in [-0.2, -0.15) is 0 Å². The van der Waals surface area contributed by atoms with Gasteiger partial charge in [0.25, 0.3) is 0 Å². The first kappa shape index (κ1) is 33.6. The smallest absolute Gasteiger partial charge is 0.0541 e. The minimum Gasteiger partial charge on any atom is -0.309 e. The number of nitrogens with zero attached hydrogens (tertiary/aromatic N) is 1. The van der Waals surface area contributed by atoms with E-state index in [2.05, 4.69) is 219 Å². The third kappa shape index (κ3) is 5.32. The predicted octanol–water partition coefficient (Wildman–Crippen LogP) is 16.2. The zero-order valence-corrected chi connectivity index (χ0v) is 33.0. The highest BCUT2D eigenvalue weighted by Gasteiger charge is 2.16. The third-order valence-corrected chi connectivity index (χ3v) is 12.9. The number of rotatable bonds is 4. The molecule has 0 aliphatic heterocycles. The van der Waals surface area contributed by atoms with Crippen molar-refractivity contribution in [2.24, 2.45) is 0 Å². The molecule has 59 heavy (non-hydrogen) atoms. The number of aromatic nitrogens is 1. The summed E-state index contributed by atoms with van der Waals surface area (Å²) in [4.78, 5) is 0. The van der Waals surface area contributed by atoms with Crippen LogP contribution in [0.1, 0.15) is 11.1 Å². The number of hydrogen-bond donors (Lipinski definition) is 0. The van der Waals surface area contributed by atoms with E-state index in [4.69, 9.17) is 0 Å². The SMILES string of the molecule is Cc1ccc(-c2ccc3c(ccc4cc(-c5ccc(-c6ccc7c(c6)c6ccccc6n7-c6ccc7c8ccccc8c8ccccc8c7c6)cc5)ccc43)c2)cc1C. The van der Waals surface area contributed by atoms with Gasteiger partial charge in [0.1, 0.15) is 0 Å². The molecule has 12 aromatic rings. The lowest BCUT2D eigenvalue weighted by Gasteiger charge is -2.14. The van der Waals surface area contributed by atoms with Gasteiger partial charge in [-0.15, -0.1) is 0 Å². The Labute approximate surface area is 343 Å². The second kappa shape index (κ2) is 13.0. The molecule has 0 amide bonds. The van der Waals surface area contributed by atoms with Crippen molar-refractivity contribution in [1.29, 1.82) is 0 Å². The summed E-state index contributed by atoms with van der Waals surface area (Å²) in [6, 6.07) is 74.5. The maximum Gasteiger partial charge on any atom is 0.0541 e. The Hall–Kier alpha value is -7.48. The van der Waals surface area contributed by atoms with Crippen LogP contribution in [0, 0.1) is 13.8 Å². The van der Waals surface area contributed by atoms with Crippen LogP contribution >= 0.6 is 0 Å². The average molecular weight is 750 g/mol. The molecule has 0 fully saturated rings. The monoisotopic (exact) mass is 749 g/mol. The van der Waals surface area contributed by atoms with Crippen molar-refractivity contribution in [3.8, 4) is 39.1 Å². The minimum absolute atomic E-state index is 1.17. The Bertz CT molecular complexity index is 3640. The minimum atomic E-state index is 1.17. The highest BCUT2D eigenvalue weighted by molar-refractivity contribution is 6.25. The molecule has 0 aliphatic carbocycles. The first-order chi connectivity index (χ1) is 29.1. The van der Waals surface area contributed by atoms with Gasteiger partial charge in [0.15, 0.2) is 0 Å². The van der Waals surface area contributed by atoms with Gasteiger partial charge in [0, 0.05) is 16.5 Å². The van der Waals surface area contributed by atoms with Gasteiger partial charge in [-0.1, -0.05) is 158 Å². The molecule has 0 N–H and O–H groups in total. The largest absolute Gasteiger partial charge is 0.309 e. The van der Waals surface area contributed by atoms with Crippen LogP contribution in [0.5, 0.6) is 0 Å². The summed E-state index contributed by atoms with van der Waals surface area (Å²) in [7, 11) is 0. The van der Waals surface area contributed by atoms with E-state index in [1.54, 1.807) is 0 Å². The van der Waals surface area contributed by atoms with Crippen LogP contribution in [-0.4, -0.2) is 4.57 Å². The number of aryl methyl sites for hydroxylation is 2. The molecule has 0 spiro atoms. The molecular formula is C58H39N. The van der Waals surface area contributed by atoms with Crippen LogP contribution in [0.3, 0.4) is 0 Å². The number of fused-ring (bicyclic) bond motifs is 12. The third-order valence-electron chi connectivity index (χ3n) is 12.9. The Balaban J connectivity index is 0.900. The Morgan fingerprint density at radius 1 is 0.254 bits per heavy atom. The van der Waals surface area contributed by atoms with E-state index >= 15 is 0 Å². The van der Waals surface area contributed by atoms with Gasteiger partial charge in [-0.25, -0.2) is 0 Å². The summed E-state index contributed by atoms with van der Waals surface area (Å²) in [5.74, 6) is 0. The van der Waals surface area contributed by atoms with Crippen LogP contribution in [0.15, 0.2) is 200 Å². The standard InChI is InChI=1S/C58H39N/c1-36-15-16-40(31-37(36)2)42-24-28-48-45(33-42)22-21-44-32-41(23-27-47(44)48)38-17-19-39(20-18-38)43-25-30-58-56(34-43)54-13-7-8-14-57(54)59(58)46-26-29-53-51-11-4-3-9-49(51)50-10-5-6-12-52(50)55(53)35-46/h3-35H,1-2H3. The Morgan fingerprint density at radius 3 is 1.32 bits per heavy atom. The van der Waals surface area contributed by atoms with Gasteiger partial charge in [-0.3, -0.25) is 0 Å². The van der Waals surface area contributed by atoms with Crippen molar-refractivity contribution in [3.05, 3.63) is 211 Å². The van der Waals surface area contributed by atoms with Gasteiger partial charge in [0.05, 0.1) is 11.0 Å². The number of benzene rings is 11. The highest BCUT2D eigenvalue weighted by Crippen LogP contribution is 2.40. The predicted molar refractivity (Wildman–Crippen MR) is 254 cm³/mol. The summed E-state index contributed by atoms with van der Waals surface area (Å²) >= 11 is 0. The molecule has 276 valence electrons. The van der Waals surface area contributed by atoms with E-state index in [9.17, 15) is 0 Å². The van der Waals surface area contributed by atoms with Gasteiger partial charge in [-0.05, 0) is 155 Å². The fraction of sp³-hybridized carbons (Fsp3) is 0.0345. The van der Waals surface area contributed by atoms with Crippen molar-refractivity contribution in [2.45, 2.75) is 13.8 Å². The molecule has 0 saturated carbocycles. The Kier molecular flexibility index (Phi) is 7.43. The molecule has 1 nitrogen and oxygen atoms in total. The first-order valence-electron chi connectivity index (χ1n) is 20.6. The van der Waals surface area contributed by atoms with Crippen LogP contribution in [-0.2, 0) is 0 Å². The summed E-state index contributed by atoms with van der Waals surface area (Å²) < 4.78 is 2.44. The van der Waals surface area contributed by atoms with E-state index in [-0.39, 0.29) is 0 Å². The molecule has 11 aromatic carbocycles. The van der Waals surface area contributed by atoms with Crippen molar-refractivity contribution < 1.29 is 0 Å². The number of hydrogen-bond acceptors (Lipinski definition) is 0. The van der Waals surface area contributed by atoms with Crippen molar-refractivity contribution in [1.82, 2.24) is 4.57 Å². The van der Waals surface area contributed by atoms with Crippen LogP contribution in [0.25, 0.3) is 115 Å². The molecule has 1 heterocycles. The van der Waals surface area contributed by atoms with Crippen molar-refractivity contribution >= 4 is 75.7 Å². The molecule has 1 heteroatoms. The van der Waals surface area contributed by atoms with Crippen LogP contribution < -0.4 is 0 Å².